The SMILES string of the molecule is CCc1c(Cl)ncnc1N(C)Cc1cccc(OC)c1. The highest BCUT2D eigenvalue weighted by Gasteiger charge is 2.12. The first-order valence-corrected chi connectivity index (χ1v) is 6.87. The zero-order chi connectivity index (χ0) is 14.5. The topological polar surface area (TPSA) is 38.2 Å². The van der Waals surface area contributed by atoms with E-state index in [1.807, 2.05) is 32.2 Å². The van der Waals surface area contributed by atoms with Crippen LogP contribution in [0.3, 0.4) is 0 Å². The number of hydrogen-bond donors (Lipinski definition) is 0. The molecule has 20 heavy (non-hydrogen) atoms. The first-order valence-electron chi connectivity index (χ1n) is 6.49. The molecule has 0 radical (unpaired) electrons. The number of ether oxygens (including phenoxy) is 1. The van der Waals surface area contributed by atoms with Crippen molar-refractivity contribution in [3.05, 3.63) is 46.9 Å². The lowest BCUT2D eigenvalue weighted by molar-refractivity contribution is 0.414. The molecule has 0 amide bonds. The van der Waals surface area contributed by atoms with E-state index in [4.69, 9.17) is 16.3 Å². The van der Waals surface area contributed by atoms with Gasteiger partial charge in [0, 0.05) is 19.2 Å². The van der Waals surface area contributed by atoms with E-state index in [0.717, 1.165) is 35.7 Å². The van der Waals surface area contributed by atoms with Gasteiger partial charge in [0.15, 0.2) is 0 Å². The highest BCUT2D eigenvalue weighted by molar-refractivity contribution is 6.30. The van der Waals surface area contributed by atoms with Crippen LogP contribution in [0.1, 0.15) is 18.1 Å². The number of hydrogen-bond acceptors (Lipinski definition) is 4. The summed E-state index contributed by atoms with van der Waals surface area (Å²) in [6.07, 6.45) is 2.30. The molecule has 0 spiro atoms. The number of aromatic nitrogens is 2. The second-order valence-corrected chi connectivity index (χ2v) is 4.89. The molecule has 2 aromatic rings. The Balaban J connectivity index is 2.23. The molecule has 0 aliphatic heterocycles. The van der Waals surface area contributed by atoms with Gasteiger partial charge in [-0.25, -0.2) is 9.97 Å². The second kappa shape index (κ2) is 6.57. The van der Waals surface area contributed by atoms with E-state index in [9.17, 15) is 0 Å². The van der Waals surface area contributed by atoms with Crippen LogP contribution in [0.15, 0.2) is 30.6 Å². The lowest BCUT2D eigenvalue weighted by atomic mass is 10.2. The standard InChI is InChI=1S/C15H18ClN3O/c1-4-13-14(16)17-10-18-15(13)19(2)9-11-6-5-7-12(8-11)20-3/h5-8,10H,4,9H2,1-3H3. The Morgan fingerprint density at radius 3 is 2.80 bits per heavy atom. The van der Waals surface area contributed by atoms with E-state index in [1.165, 1.54) is 6.33 Å². The summed E-state index contributed by atoms with van der Waals surface area (Å²) in [5.74, 6) is 1.72. The van der Waals surface area contributed by atoms with E-state index in [1.54, 1.807) is 7.11 Å². The van der Waals surface area contributed by atoms with E-state index < -0.39 is 0 Å². The third-order valence-electron chi connectivity index (χ3n) is 3.14. The summed E-state index contributed by atoms with van der Waals surface area (Å²) in [5.41, 5.74) is 2.13. The van der Waals surface area contributed by atoms with Gasteiger partial charge in [0.25, 0.3) is 0 Å². The minimum atomic E-state index is 0.523. The predicted molar refractivity (Wildman–Crippen MR) is 81.5 cm³/mol. The van der Waals surface area contributed by atoms with Crippen LogP contribution in [0, 0.1) is 0 Å². The van der Waals surface area contributed by atoms with Gasteiger partial charge in [-0.05, 0) is 24.1 Å². The average Bonchev–Trinajstić information content (AvgIpc) is 2.47. The Hall–Kier alpha value is -1.81. The molecule has 0 fully saturated rings. The molecule has 5 heteroatoms. The molecular weight excluding hydrogens is 274 g/mol. The molecule has 0 aliphatic rings. The van der Waals surface area contributed by atoms with Crippen LogP contribution in [0.2, 0.25) is 5.15 Å². The van der Waals surface area contributed by atoms with E-state index >= 15 is 0 Å². The maximum absolute atomic E-state index is 6.13. The number of rotatable bonds is 5. The Labute approximate surface area is 124 Å². The van der Waals surface area contributed by atoms with Crippen molar-refractivity contribution in [2.75, 3.05) is 19.1 Å². The van der Waals surface area contributed by atoms with E-state index in [-0.39, 0.29) is 0 Å². The Morgan fingerprint density at radius 1 is 1.30 bits per heavy atom. The summed E-state index contributed by atoms with van der Waals surface area (Å²) in [7, 11) is 3.67. The zero-order valence-electron chi connectivity index (χ0n) is 11.9. The van der Waals surface area contributed by atoms with Crippen LogP contribution in [0.4, 0.5) is 5.82 Å². The van der Waals surface area contributed by atoms with Crippen molar-refractivity contribution in [2.24, 2.45) is 0 Å². The fourth-order valence-electron chi connectivity index (χ4n) is 2.13. The zero-order valence-corrected chi connectivity index (χ0v) is 12.7. The van der Waals surface area contributed by atoms with E-state index in [2.05, 4.69) is 20.9 Å². The number of anilines is 1. The van der Waals surface area contributed by atoms with Gasteiger partial charge < -0.3 is 9.64 Å². The third-order valence-corrected chi connectivity index (χ3v) is 3.46. The second-order valence-electron chi connectivity index (χ2n) is 4.53. The average molecular weight is 292 g/mol. The summed E-state index contributed by atoms with van der Waals surface area (Å²) in [6.45, 7) is 2.78. The molecule has 0 saturated heterocycles. The molecule has 0 bridgehead atoms. The molecule has 1 aromatic carbocycles. The van der Waals surface area contributed by atoms with Crippen LogP contribution in [-0.4, -0.2) is 24.1 Å². The van der Waals surface area contributed by atoms with Gasteiger partial charge in [-0.15, -0.1) is 0 Å². The highest BCUT2D eigenvalue weighted by Crippen LogP contribution is 2.24. The van der Waals surface area contributed by atoms with Crippen molar-refractivity contribution in [3.8, 4) is 5.75 Å². The smallest absolute Gasteiger partial charge is 0.137 e. The van der Waals surface area contributed by atoms with Gasteiger partial charge in [-0.1, -0.05) is 30.7 Å². The summed E-state index contributed by atoms with van der Waals surface area (Å²) in [4.78, 5) is 10.5. The molecule has 1 aromatic heterocycles. The summed E-state index contributed by atoms with van der Waals surface area (Å²) in [6, 6.07) is 8.00. The molecule has 0 atom stereocenters. The number of halogens is 1. The van der Waals surface area contributed by atoms with E-state index in [0.29, 0.717) is 5.15 Å². The van der Waals surface area contributed by atoms with Gasteiger partial charge in [0.1, 0.15) is 23.0 Å². The molecular formula is C15H18ClN3O. The van der Waals surface area contributed by atoms with Gasteiger partial charge in [-0.3, -0.25) is 0 Å². The van der Waals surface area contributed by atoms with Gasteiger partial charge >= 0.3 is 0 Å². The molecule has 0 unspecified atom stereocenters. The molecule has 0 N–H and O–H groups in total. The quantitative estimate of drug-likeness (QED) is 0.792. The Morgan fingerprint density at radius 2 is 2.10 bits per heavy atom. The molecule has 106 valence electrons. The first-order chi connectivity index (χ1) is 9.65. The van der Waals surface area contributed by atoms with Crippen molar-refractivity contribution in [1.29, 1.82) is 0 Å². The van der Waals surface area contributed by atoms with Crippen molar-refractivity contribution in [2.45, 2.75) is 19.9 Å². The van der Waals surface area contributed by atoms with Gasteiger partial charge in [0.05, 0.1) is 7.11 Å². The summed E-state index contributed by atoms with van der Waals surface area (Å²) in [5, 5.41) is 0.523. The van der Waals surface area contributed by atoms with Crippen LogP contribution < -0.4 is 9.64 Å². The number of nitrogens with zero attached hydrogens (tertiary/aromatic N) is 3. The third kappa shape index (κ3) is 3.20. The van der Waals surface area contributed by atoms with Crippen LogP contribution >= 0.6 is 11.6 Å². The molecule has 2 rings (SSSR count). The lowest BCUT2D eigenvalue weighted by Gasteiger charge is -2.21. The summed E-state index contributed by atoms with van der Waals surface area (Å²) >= 11 is 6.13. The van der Waals surface area contributed by atoms with Crippen molar-refractivity contribution in [3.63, 3.8) is 0 Å². The maximum Gasteiger partial charge on any atom is 0.137 e. The highest BCUT2D eigenvalue weighted by atomic mass is 35.5. The predicted octanol–water partition coefficient (Wildman–Crippen LogP) is 3.34. The lowest BCUT2D eigenvalue weighted by Crippen LogP contribution is -2.19. The van der Waals surface area contributed by atoms with Crippen LogP contribution in [0.5, 0.6) is 5.75 Å². The van der Waals surface area contributed by atoms with Crippen LogP contribution in [-0.2, 0) is 13.0 Å². The monoisotopic (exact) mass is 291 g/mol. The molecule has 0 aliphatic carbocycles. The molecule has 1 heterocycles. The maximum atomic E-state index is 6.13. The summed E-state index contributed by atoms with van der Waals surface area (Å²) < 4.78 is 5.24. The fourth-order valence-corrected chi connectivity index (χ4v) is 2.40. The molecule has 4 nitrogen and oxygen atoms in total. The van der Waals surface area contributed by atoms with Crippen molar-refractivity contribution >= 4 is 17.4 Å². The Kier molecular flexibility index (Phi) is 4.79. The normalized spacial score (nSPS) is 10.4. The number of methoxy groups -OCH3 is 1. The van der Waals surface area contributed by atoms with Crippen molar-refractivity contribution < 1.29 is 4.74 Å². The van der Waals surface area contributed by atoms with Gasteiger partial charge in [0.2, 0.25) is 0 Å². The largest absolute Gasteiger partial charge is 0.497 e. The number of benzene rings is 1. The first kappa shape index (κ1) is 14.6. The fraction of sp³-hybridized carbons (Fsp3) is 0.333. The minimum Gasteiger partial charge on any atom is -0.497 e. The molecule has 0 saturated carbocycles. The van der Waals surface area contributed by atoms with Crippen molar-refractivity contribution in [1.82, 2.24) is 9.97 Å². The van der Waals surface area contributed by atoms with Gasteiger partial charge in [-0.2, -0.15) is 0 Å². The van der Waals surface area contributed by atoms with Crippen LogP contribution in [0.25, 0.3) is 0 Å². The Bertz CT molecular complexity index is 589. The minimum absolute atomic E-state index is 0.523.